The summed E-state index contributed by atoms with van der Waals surface area (Å²) >= 11 is 0. The third-order valence-corrected chi connectivity index (χ3v) is 4.71. The van der Waals surface area contributed by atoms with Crippen molar-refractivity contribution in [3.8, 4) is 5.75 Å². The molecular weight excluding hydrogens is 348 g/mol. The molecule has 0 radical (unpaired) electrons. The first-order valence-electron chi connectivity index (χ1n) is 9.18. The van der Waals surface area contributed by atoms with Gasteiger partial charge in [0.25, 0.3) is 11.5 Å². The largest absolute Gasteiger partial charge is 0.494 e. The molecule has 1 aromatic carbocycles. The smallest absolute Gasteiger partial charge is 0.326 e. The Labute approximate surface area is 156 Å². The number of hydrogen-bond donors (Lipinski definition) is 4. The number of benzene rings is 1. The summed E-state index contributed by atoms with van der Waals surface area (Å²) < 4.78 is 5.76. The Hall–Kier alpha value is -3.03. The fraction of sp³-hybridized carbons (Fsp3) is 0.421. The van der Waals surface area contributed by atoms with Crippen LogP contribution in [0.25, 0.3) is 0 Å². The van der Waals surface area contributed by atoms with Crippen LogP contribution in [-0.4, -0.2) is 22.5 Å². The molecule has 1 atom stereocenters. The molecular formula is C19H24N4O4. The van der Waals surface area contributed by atoms with E-state index in [2.05, 4.69) is 17.2 Å². The quantitative estimate of drug-likeness (QED) is 0.573. The van der Waals surface area contributed by atoms with Crippen LogP contribution in [0.3, 0.4) is 0 Å². The van der Waals surface area contributed by atoms with Gasteiger partial charge < -0.3 is 20.8 Å². The molecule has 1 aromatic heterocycles. The van der Waals surface area contributed by atoms with E-state index in [0.29, 0.717) is 6.61 Å². The van der Waals surface area contributed by atoms with Gasteiger partial charge in [0.05, 0.1) is 12.6 Å². The van der Waals surface area contributed by atoms with Gasteiger partial charge in [-0.05, 0) is 48.9 Å². The summed E-state index contributed by atoms with van der Waals surface area (Å²) in [5.41, 5.74) is 5.73. The van der Waals surface area contributed by atoms with Gasteiger partial charge in [-0.25, -0.2) is 4.79 Å². The molecule has 1 heterocycles. The van der Waals surface area contributed by atoms with Gasteiger partial charge in [0.2, 0.25) is 0 Å². The molecule has 1 aliphatic rings. The highest BCUT2D eigenvalue weighted by Gasteiger charge is 2.24. The highest BCUT2D eigenvalue weighted by molar-refractivity contribution is 5.97. The van der Waals surface area contributed by atoms with Gasteiger partial charge in [-0.3, -0.25) is 14.6 Å². The molecule has 1 aliphatic carbocycles. The summed E-state index contributed by atoms with van der Waals surface area (Å²) in [6.45, 7) is 2.80. The lowest BCUT2D eigenvalue weighted by molar-refractivity contribution is 0.0928. The Morgan fingerprint density at radius 1 is 1.33 bits per heavy atom. The number of amides is 1. The standard InChI is InChI=1S/C19H24N4O4/c1-2-3-9-27-12-7-8-13-11(10-12)5-4-6-14(13)21-18(25)16-15(20)17(24)23-19(26)22-16/h7-8,10,14H,2-6,9,20H2,1H3,(H,21,25)(H2,22,23,24,26)/t14-/m0/s1. The van der Waals surface area contributed by atoms with Crippen molar-refractivity contribution in [1.29, 1.82) is 0 Å². The third-order valence-electron chi connectivity index (χ3n) is 4.71. The number of anilines is 1. The van der Waals surface area contributed by atoms with Crippen LogP contribution in [0.2, 0.25) is 0 Å². The van der Waals surface area contributed by atoms with E-state index in [-0.39, 0.29) is 17.4 Å². The second-order valence-corrected chi connectivity index (χ2v) is 6.68. The number of aromatic nitrogens is 2. The Morgan fingerprint density at radius 3 is 2.93 bits per heavy atom. The monoisotopic (exact) mass is 372 g/mol. The Kier molecular flexibility index (Phi) is 5.63. The van der Waals surface area contributed by atoms with Crippen molar-refractivity contribution in [2.24, 2.45) is 0 Å². The Morgan fingerprint density at radius 2 is 2.15 bits per heavy atom. The van der Waals surface area contributed by atoms with Crippen molar-refractivity contribution in [2.45, 2.75) is 45.1 Å². The van der Waals surface area contributed by atoms with E-state index in [1.807, 2.05) is 23.2 Å². The fourth-order valence-corrected chi connectivity index (χ4v) is 3.27. The first kappa shape index (κ1) is 18.8. The first-order chi connectivity index (χ1) is 13.0. The summed E-state index contributed by atoms with van der Waals surface area (Å²) in [7, 11) is 0. The van der Waals surface area contributed by atoms with Crippen LogP contribution < -0.4 is 27.0 Å². The number of nitrogens with one attached hydrogen (secondary N) is 3. The number of rotatable bonds is 6. The van der Waals surface area contributed by atoms with Crippen LogP contribution in [0.4, 0.5) is 5.69 Å². The van der Waals surface area contributed by atoms with Gasteiger partial charge in [-0.2, -0.15) is 0 Å². The minimum absolute atomic E-state index is 0.213. The van der Waals surface area contributed by atoms with E-state index in [1.165, 1.54) is 0 Å². The Bertz CT molecular complexity index is 947. The zero-order valence-corrected chi connectivity index (χ0v) is 15.3. The van der Waals surface area contributed by atoms with Crippen molar-refractivity contribution in [3.63, 3.8) is 0 Å². The zero-order chi connectivity index (χ0) is 19.4. The average Bonchev–Trinajstić information content (AvgIpc) is 2.65. The van der Waals surface area contributed by atoms with Crippen LogP contribution in [0.15, 0.2) is 27.8 Å². The van der Waals surface area contributed by atoms with Gasteiger partial charge in [0.1, 0.15) is 17.1 Å². The molecule has 0 spiro atoms. The van der Waals surface area contributed by atoms with Crippen LogP contribution in [0, 0.1) is 0 Å². The lowest BCUT2D eigenvalue weighted by Crippen LogP contribution is -2.36. The summed E-state index contributed by atoms with van der Waals surface area (Å²) in [4.78, 5) is 39.9. The molecule has 0 fully saturated rings. The van der Waals surface area contributed by atoms with E-state index in [9.17, 15) is 14.4 Å². The maximum absolute atomic E-state index is 12.6. The van der Waals surface area contributed by atoms with Gasteiger partial charge in [0, 0.05) is 0 Å². The second kappa shape index (κ2) is 8.11. The molecule has 1 amide bonds. The summed E-state index contributed by atoms with van der Waals surface area (Å²) in [6, 6.07) is 5.67. The molecule has 0 unspecified atom stereocenters. The maximum Gasteiger partial charge on any atom is 0.326 e. The predicted octanol–water partition coefficient (Wildman–Crippen LogP) is 1.63. The van der Waals surface area contributed by atoms with Crippen molar-refractivity contribution >= 4 is 11.6 Å². The van der Waals surface area contributed by atoms with Crippen molar-refractivity contribution in [2.75, 3.05) is 12.3 Å². The second-order valence-electron chi connectivity index (χ2n) is 6.68. The molecule has 0 saturated heterocycles. The number of aryl methyl sites for hydroxylation is 1. The topological polar surface area (TPSA) is 130 Å². The van der Waals surface area contributed by atoms with E-state index < -0.39 is 17.2 Å². The van der Waals surface area contributed by atoms with Crippen LogP contribution in [0.5, 0.6) is 5.75 Å². The number of carbonyl (C=O) groups is 1. The van der Waals surface area contributed by atoms with Crippen molar-refractivity contribution in [3.05, 3.63) is 55.9 Å². The normalized spacial score (nSPS) is 15.8. The highest BCUT2D eigenvalue weighted by atomic mass is 16.5. The molecule has 8 nitrogen and oxygen atoms in total. The number of hydrogen-bond acceptors (Lipinski definition) is 5. The fourth-order valence-electron chi connectivity index (χ4n) is 3.27. The lowest BCUT2D eigenvalue weighted by Gasteiger charge is -2.27. The Balaban J connectivity index is 1.79. The van der Waals surface area contributed by atoms with E-state index in [0.717, 1.165) is 49.0 Å². The number of fused-ring (bicyclic) bond motifs is 1. The molecule has 8 heteroatoms. The number of unbranched alkanes of at least 4 members (excludes halogenated alkanes) is 1. The molecule has 0 bridgehead atoms. The lowest BCUT2D eigenvalue weighted by atomic mass is 9.87. The summed E-state index contributed by atoms with van der Waals surface area (Å²) in [6.07, 6.45) is 4.68. The van der Waals surface area contributed by atoms with Gasteiger partial charge in [-0.15, -0.1) is 0 Å². The van der Waals surface area contributed by atoms with E-state index in [1.54, 1.807) is 0 Å². The van der Waals surface area contributed by atoms with E-state index in [4.69, 9.17) is 10.5 Å². The number of ether oxygens (including phenoxy) is 1. The highest BCUT2D eigenvalue weighted by Crippen LogP contribution is 2.32. The summed E-state index contributed by atoms with van der Waals surface area (Å²) in [5.74, 6) is 0.258. The predicted molar refractivity (Wildman–Crippen MR) is 102 cm³/mol. The van der Waals surface area contributed by atoms with Crippen LogP contribution >= 0.6 is 0 Å². The number of nitrogen functional groups attached to an aromatic ring is 1. The van der Waals surface area contributed by atoms with Crippen LogP contribution in [0.1, 0.15) is 60.3 Å². The molecule has 2 aromatic rings. The van der Waals surface area contributed by atoms with E-state index >= 15 is 0 Å². The van der Waals surface area contributed by atoms with Gasteiger partial charge in [0.15, 0.2) is 0 Å². The zero-order valence-electron chi connectivity index (χ0n) is 15.3. The van der Waals surface area contributed by atoms with Crippen LogP contribution in [-0.2, 0) is 6.42 Å². The number of aromatic amines is 2. The average molecular weight is 372 g/mol. The minimum atomic E-state index is -0.776. The number of nitrogens with two attached hydrogens (primary N) is 1. The number of H-pyrrole nitrogens is 2. The first-order valence-corrected chi connectivity index (χ1v) is 9.18. The van der Waals surface area contributed by atoms with Crippen molar-refractivity contribution in [1.82, 2.24) is 15.3 Å². The third kappa shape index (κ3) is 4.21. The number of carbonyl (C=O) groups excluding carboxylic acids is 1. The van der Waals surface area contributed by atoms with Gasteiger partial charge in [-0.1, -0.05) is 19.4 Å². The van der Waals surface area contributed by atoms with Crippen molar-refractivity contribution < 1.29 is 9.53 Å². The molecule has 144 valence electrons. The molecule has 0 saturated carbocycles. The molecule has 0 aliphatic heterocycles. The molecule has 5 N–H and O–H groups in total. The molecule has 3 rings (SSSR count). The SMILES string of the molecule is CCCCOc1ccc2c(c1)CCC[C@@H]2NC(=O)c1[nH]c(=O)[nH]c(=O)c1N. The summed E-state index contributed by atoms with van der Waals surface area (Å²) in [5, 5.41) is 2.88. The molecule has 27 heavy (non-hydrogen) atoms. The van der Waals surface area contributed by atoms with Gasteiger partial charge >= 0.3 is 5.69 Å². The maximum atomic E-state index is 12.6. The minimum Gasteiger partial charge on any atom is -0.494 e.